The number of nitrogens with one attached hydrogen (secondary N) is 2. The maximum atomic E-state index is 10.7. The number of carbonyl (C=O) groups excluding carboxylic acids is 1. The van der Waals surface area contributed by atoms with Crippen LogP contribution in [0.5, 0.6) is 0 Å². The molecule has 1 saturated carbocycles. The molecule has 27 heavy (non-hydrogen) atoms. The molecule has 1 fully saturated rings. The molecule has 0 aromatic carbocycles. The van der Waals surface area contributed by atoms with E-state index in [0.717, 1.165) is 15.4 Å². The van der Waals surface area contributed by atoms with Crippen molar-refractivity contribution >= 4 is 29.1 Å². The van der Waals surface area contributed by atoms with Crippen LogP contribution in [0.4, 0.5) is 16.4 Å². The van der Waals surface area contributed by atoms with E-state index in [2.05, 4.69) is 31.4 Å². The second-order valence-electron chi connectivity index (χ2n) is 6.08. The Morgan fingerprint density at radius 3 is 3.07 bits per heavy atom. The van der Waals surface area contributed by atoms with Crippen LogP contribution in [0.3, 0.4) is 0 Å². The predicted molar refractivity (Wildman–Crippen MR) is 101 cm³/mol. The quantitative estimate of drug-likeness (QED) is 0.565. The molecule has 0 atom stereocenters. The number of anilines is 2. The summed E-state index contributed by atoms with van der Waals surface area (Å²) in [6.45, 7) is 0.116. The highest BCUT2D eigenvalue weighted by atomic mass is 32.1. The summed E-state index contributed by atoms with van der Waals surface area (Å²) in [4.78, 5) is 21.3. The van der Waals surface area contributed by atoms with Gasteiger partial charge in [0, 0.05) is 28.8 Å². The van der Waals surface area contributed by atoms with Crippen molar-refractivity contribution in [1.29, 1.82) is 0 Å². The van der Waals surface area contributed by atoms with E-state index in [-0.39, 0.29) is 6.61 Å². The SMILES string of the molecule is C#Cc1cnc(-c2ccc(COC(N)=O)s2)nc1Nc1cc(C2CC2)[nH]n1. The van der Waals surface area contributed by atoms with Crippen molar-refractivity contribution in [3.63, 3.8) is 0 Å². The van der Waals surface area contributed by atoms with Gasteiger partial charge in [0.05, 0.1) is 10.4 Å². The molecule has 1 amide bonds. The van der Waals surface area contributed by atoms with E-state index >= 15 is 0 Å². The Kier molecular flexibility index (Phi) is 4.48. The third-order valence-electron chi connectivity index (χ3n) is 4.04. The van der Waals surface area contributed by atoms with Crippen LogP contribution in [0, 0.1) is 12.3 Å². The molecule has 4 N–H and O–H groups in total. The predicted octanol–water partition coefficient (Wildman–Crippen LogP) is 3.13. The van der Waals surface area contributed by atoms with Gasteiger partial charge in [0.2, 0.25) is 0 Å². The highest BCUT2D eigenvalue weighted by Gasteiger charge is 2.25. The lowest BCUT2D eigenvalue weighted by Crippen LogP contribution is -2.12. The average molecular weight is 380 g/mol. The number of rotatable bonds is 6. The number of hydrogen-bond donors (Lipinski definition) is 3. The summed E-state index contributed by atoms with van der Waals surface area (Å²) >= 11 is 1.41. The van der Waals surface area contributed by atoms with E-state index in [1.165, 1.54) is 24.2 Å². The standard InChI is InChI=1S/C18H16N6O2S/c1-2-10-8-20-17(14-6-5-12(27-14)9-26-18(19)25)22-16(10)21-15-7-13(23-24-15)11-3-4-11/h1,5-8,11H,3-4,9H2,(H2,19,25)(H2,20,21,22,23,24). The first kappa shape index (κ1) is 17.1. The van der Waals surface area contributed by atoms with Gasteiger partial charge in [-0.3, -0.25) is 5.10 Å². The van der Waals surface area contributed by atoms with Crippen LogP contribution in [0.15, 0.2) is 24.4 Å². The lowest BCUT2D eigenvalue weighted by molar-refractivity contribution is 0.151. The number of thiophene rings is 1. The minimum Gasteiger partial charge on any atom is -0.444 e. The van der Waals surface area contributed by atoms with E-state index in [4.69, 9.17) is 16.9 Å². The fraction of sp³-hybridized carbons (Fsp3) is 0.222. The van der Waals surface area contributed by atoms with Gasteiger partial charge in [-0.1, -0.05) is 5.92 Å². The fourth-order valence-electron chi connectivity index (χ4n) is 2.54. The number of aromatic amines is 1. The molecular weight excluding hydrogens is 364 g/mol. The lowest BCUT2D eigenvalue weighted by Gasteiger charge is -2.06. The summed E-state index contributed by atoms with van der Waals surface area (Å²) < 4.78 is 4.80. The molecule has 8 nitrogen and oxygen atoms in total. The molecule has 3 aromatic heterocycles. The third kappa shape index (κ3) is 3.91. The molecule has 1 aliphatic rings. The summed E-state index contributed by atoms with van der Waals surface area (Å²) in [6, 6.07) is 5.67. The molecule has 4 rings (SSSR count). The summed E-state index contributed by atoms with van der Waals surface area (Å²) in [5.74, 6) is 4.86. The molecule has 0 radical (unpaired) electrons. The molecule has 0 unspecified atom stereocenters. The van der Waals surface area contributed by atoms with E-state index in [1.54, 1.807) is 6.20 Å². The smallest absolute Gasteiger partial charge is 0.404 e. The second-order valence-corrected chi connectivity index (χ2v) is 7.25. The number of terminal acetylenes is 1. The van der Waals surface area contributed by atoms with Crippen LogP contribution in [0.25, 0.3) is 10.7 Å². The summed E-state index contributed by atoms with van der Waals surface area (Å²) in [5.41, 5.74) is 6.65. The van der Waals surface area contributed by atoms with Gasteiger partial charge < -0.3 is 15.8 Å². The summed E-state index contributed by atoms with van der Waals surface area (Å²) in [5, 5.41) is 10.5. The zero-order chi connectivity index (χ0) is 18.8. The first-order valence-electron chi connectivity index (χ1n) is 8.29. The van der Waals surface area contributed by atoms with E-state index in [1.807, 2.05) is 18.2 Å². The maximum absolute atomic E-state index is 10.7. The number of H-pyrrole nitrogens is 1. The highest BCUT2D eigenvalue weighted by molar-refractivity contribution is 7.15. The number of ether oxygens (including phenoxy) is 1. The number of nitrogens with two attached hydrogens (primary N) is 1. The monoisotopic (exact) mass is 380 g/mol. The fourth-order valence-corrected chi connectivity index (χ4v) is 3.41. The Hall–Kier alpha value is -3.38. The summed E-state index contributed by atoms with van der Waals surface area (Å²) in [7, 11) is 0. The lowest BCUT2D eigenvalue weighted by atomic mass is 10.3. The molecule has 0 bridgehead atoms. The van der Waals surface area contributed by atoms with Crippen molar-refractivity contribution in [2.24, 2.45) is 5.73 Å². The molecule has 0 spiro atoms. The molecule has 136 valence electrons. The zero-order valence-electron chi connectivity index (χ0n) is 14.2. The van der Waals surface area contributed by atoms with Crippen molar-refractivity contribution in [2.45, 2.75) is 25.4 Å². The van der Waals surface area contributed by atoms with E-state index in [9.17, 15) is 4.79 Å². The molecule has 1 aliphatic carbocycles. The number of primary amides is 1. The average Bonchev–Trinajstić information content (AvgIpc) is 3.22. The Morgan fingerprint density at radius 1 is 1.48 bits per heavy atom. The van der Waals surface area contributed by atoms with Crippen LogP contribution in [-0.4, -0.2) is 26.3 Å². The Balaban J connectivity index is 1.56. The highest BCUT2D eigenvalue weighted by Crippen LogP contribution is 2.39. The molecule has 0 aliphatic heterocycles. The molecule has 3 heterocycles. The third-order valence-corrected chi connectivity index (χ3v) is 5.10. The van der Waals surface area contributed by atoms with E-state index in [0.29, 0.717) is 28.9 Å². The number of amides is 1. The van der Waals surface area contributed by atoms with Crippen LogP contribution < -0.4 is 11.1 Å². The van der Waals surface area contributed by atoms with Crippen LogP contribution in [-0.2, 0) is 11.3 Å². The van der Waals surface area contributed by atoms with Gasteiger partial charge in [0.25, 0.3) is 0 Å². The van der Waals surface area contributed by atoms with Gasteiger partial charge in [-0.2, -0.15) is 5.10 Å². The van der Waals surface area contributed by atoms with Gasteiger partial charge in [0.15, 0.2) is 17.5 Å². The van der Waals surface area contributed by atoms with Gasteiger partial charge >= 0.3 is 6.09 Å². The van der Waals surface area contributed by atoms with Crippen molar-refractivity contribution < 1.29 is 9.53 Å². The number of aromatic nitrogens is 4. The molecule has 3 aromatic rings. The van der Waals surface area contributed by atoms with Gasteiger partial charge in [0.1, 0.15) is 6.61 Å². The van der Waals surface area contributed by atoms with Crippen molar-refractivity contribution in [3.8, 4) is 23.0 Å². The van der Waals surface area contributed by atoms with Gasteiger partial charge in [-0.25, -0.2) is 14.8 Å². The van der Waals surface area contributed by atoms with Crippen LogP contribution >= 0.6 is 11.3 Å². The van der Waals surface area contributed by atoms with Gasteiger partial charge in [-0.05, 0) is 25.0 Å². The largest absolute Gasteiger partial charge is 0.444 e. The molecular formula is C18H16N6O2S. The second kappa shape index (κ2) is 7.09. The Morgan fingerprint density at radius 2 is 2.33 bits per heavy atom. The minimum absolute atomic E-state index is 0.116. The maximum Gasteiger partial charge on any atom is 0.404 e. The van der Waals surface area contributed by atoms with E-state index < -0.39 is 6.09 Å². The number of hydrogen-bond acceptors (Lipinski definition) is 7. The topological polar surface area (TPSA) is 119 Å². The Labute approximate surface area is 159 Å². The van der Waals surface area contributed by atoms with Crippen LogP contribution in [0.2, 0.25) is 0 Å². The van der Waals surface area contributed by atoms with Crippen molar-refractivity contribution in [3.05, 3.63) is 40.5 Å². The summed E-state index contributed by atoms with van der Waals surface area (Å²) in [6.07, 6.45) is 8.74. The minimum atomic E-state index is -0.810. The van der Waals surface area contributed by atoms with Crippen molar-refractivity contribution in [2.75, 3.05) is 5.32 Å². The first-order valence-corrected chi connectivity index (χ1v) is 9.11. The van der Waals surface area contributed by atoms with Crippen molar-refractivity contribution in [1.82, 2.24) is 20.2 Å². The van der Waals surface area contributed by atoms with Crippen LogP contribution in [0.1, 0.15) is 34.9 Å². The number of carbonyl (C=O) groups is 1. The first-order chi connectivity index (χ1) is 13.1. The molecule has 9 heteroatoms. The number of nitrogens with zero attached hydrogens (tertiary/aromatic N) is 3. The Bertz CT molecular complexity index is 1030. The zero-order valence-corrected chi connectivity index (χ0v) is 15.0. The van der Waals surface area contributed by atoms with Gasteiger partial charge in [-0.15, -0.1) is 17.8 Å². The molecule has 0 saturated heterocycles. The normalized spacial score (nSPS) is 13.1.